The van der Waals surface area contributed by atoms with Crippen molar-refractivity contribution in [3.05, 3.63) is 23.9 Å². The smallest absolute Gasteiger partial charge is 0.359 e. The van der Waals surface area contributed by atoms with Gasteiger partial charge in [0.1, 0.15) is 5.82 Å². The molecule has 2 rings (SSSR count). The fourth-order valence-electron chi connectivity index (χ4n) is 2.43. The van der Waals surface area contributed by atoms with Crippen LogP contribution in [0.5, 0.6) is 0 Å². The highest BCUT2D eigenvalue weighted by atomic mass is 19.4. The average Bonchev–Trinajstić information content (AvgIpc) is 2.86. The number of nitrogens with zero attached hydrogens (tertiary/aromatic N) is 2. The summed E-state index contributed by atoms with van der Waals surface area (Å²) in [6.45, 7) is 0.912. The van der Waals surface area contributed by atoms with Gasteiger partial charge in [-0.2, -0.15) is 13.2 Å². The minimum Gasteiger partial charge on any atom is -0.359 e. The lowest BCUT2D eigenvalue weighted by atomic mass is 10.0. The van der Waals surface area contributed by atoms with Gasteiger partial charge in [-0.3, -0.25) is 4.79 Å². The first kappa shape index (κ1) is 14.6. The average molecular weight is 287 g/mol. The Balaban J connectivity index is 2.13. The quantitative estimate of drug-likeness (QED) is 0.925. The lowest BCUT2D eigenvalue weighted by Crippen LogP contribution is -2.26. The monoisotopic (exact) mass is 287 g/mol. The first-order valence-electron chi connectivity index (χ1n) is 6.39. The lowest BCUT2D eigenvalue weighted by Gasteiger charge is -2.21. The Labute approximate surface area is 115 Å². The predicted molar refractivity (Wildman–Crippen MR) is 68.2 cm³/mol. The fraction of sp³-hybridized carbons (Fsp3) is 0.538. The van der Waals surface area contributed by atoms with Crippen molar-refractivity contribution in [2.24, 2.45) is 5.92 Å². The Kier molecular flexibility index (Phi) is 4.15. The van der Waals surface area contributed by atoms with E-state index in [-0.39, 0.29) is 17.6 Å². The number of rotatable bonds is 3. The summed E-state index contributed by atoms with van der Waals surface area (Å²) >= 11 is 0. The zero-order valence-corrected chi connectivity index (χ0v) is 11.1. The molecule has 110 valence electrons. The van der Waals surface area contributed by atoms with Crippen LogP contribution in [0.15, 0.2) is 18.3 Å². The van der Waals surface area contributed by atoms with Gasteiger partial charge in [-0.25, -0.2) is 4.98 Å². The molecule has 1 aliphatic rings. The molecule has 0 aromatic carbocycles. The van der Waals surface area contributed by atoms with Crippen LogP contribution in [0.1, 0.15) is 18.4 Å². The van der Waals surface area contributed by atoms with Crippen molar-refractivity contribution in [1.82, 2.24) is 10.3 Å². The normalized spacial score (nSPS) is 19.2. The molecule has 20 heavy (non-hydrogen) atoms. The molecular formula is C13H16F3N3O. The third kappa shape index (κ3) is 3.20. The Morgan fingerprint density at radius 1 is 1.55 bits per heavy atom. The first-order valence-corrected chi connectivity index (χ1v) is 6.39. The maximum Gasteiger partial charge on any atom is 0.419 e. The Bertz CT molecular complexity index is 490. The maximum absolute atomic E-state index is 12.9. The third-order valence-electron chi connectivity index (χ3n) is 3.43. The molecule has 0 aliphatic carbocycles. The molecule has 1 N–H and O–H groups in total. The summed E-state index contributed by atoms with van der Waals surface area (Å²) in [4.78, 5) is 16.8. The first-order chi connectivity index (χ1) is 9.41. The van der Waals surface area contributed by atoms with E-state index in [1.54, 1.807) is 11.9 Å². The van der Waals surface area contributed by atoms with Crippen LogP contribution in [-0.2, 0) is 11.0 Å². The van der Waals surface area contributed by atoms with Crippen LogP contribution in [0, 0.1) is 5.92 Å². The molecule has 1 fully saturated rings. The lowest BCUT2D eigenvalue weighted by molar-refractivity contribution is -0.137. The summed E-state index contributed by atoms with van der Waals surface area (Å²) in [5.74, 6) is -0.0636. The van der Waals surface area contributed by atoms with Crippen molar-refractivity contribution in [2.75, 3.05) is 25.0 Å². The van der Waals surface area contributed by atoms with Gasteiger partial charge in [0.25, 0.3) is 0 Å². The third-order valence-corrected chi connectivity index (χ3v) is 3.43. The molecule has 7 heteroatoms. The Hall–Kier alpha value is -1.79. The minimum atomic E-state index is -4.41. The van der Waals surface area contributed by atoms with E-state index in [9.17, 15) is 18.0 Å². The van der Waals surface area contributed by atoms with Gasteiger partial charge in [0.2, 0.25) is 5.91 Å². The van der Waals surface area contributed by atoms with Crippen LogP contribution in [-0.4, -0.2) is 31.0 Å². The number of anilines is 1. The van der Waals surface area contributed by atoms with Gasteiger partial charge < -0.3 is 10.2 Å². The summed E-state index contributed by atoms with van der Waals surface area (Å²) in [6.07, 6.45) is -2.03. The molecule has 1 aromatic rings. The highest BCUT2D eigenvalue weighted by Gasteiger charge is 2.37. The van der Waals surface area contributed by atoms with Crippen LogP contribution in [0.25, 0.3) is 0 Å². The summed E-state index contributed by atoms with van der Waals surface area (Å²) in [6, 6.07) is 2.32. The fourth-order valence-corrected chi connectivity index (χ4v) is 2.43. The number of pyridine rings is 1. The summed E-state index contributed by atoms with van der Waals surface area (Å²) in [7, 11) is 1.55. The molecule has 0 bridgehead atoms. The Morgan fingerprint density at radius 2 is 2.30 bits per heavy atom. The van der Waals surface area contributed by atoms with Crippen molar-refractivity contribution in [1.29, 1.82) is 0 Å². The molecule has 1 aliphatic heterocycles. The number of aromatic nitrogens is 1. The van der Waals surface area contributed by atoms with E-state index < -0.39 is 11.7 Å². The standard InChI is InChI=1S/C13H16F3N3O/c1-17-11(20)7-9-4-6-19(8-9)12-10(13(14,15)16)3-2-5-18-12/h2-3,5,9H,4,6-8H2,1H3,(H,17,20)/t9-/m1/s1. The van der Waals surface area contributed by atoms with Crippen LogP contribution in [0.4, 0.5) is 19.0 Å². The van der Waals surface area contributed by atoms with Crippen molar-refractivity contribution in [2.45, 2.75) is 19.0 Å². The highest BCUT2D eigenvalue weighted by molar-refractivity contribution is 5.76. The van der Waals surface area contributed by atoms with Crippen LogP contribution >= 0.6 is 0 Å². The van der Waals surface area contributed by atoms with Crippen LogP contribution in [0.2, 0.25) is 0 Å². The van der Waals surface area contributed by atoms with Crippen molar-refractivity contribution >= 4 is 11.7 Å². The van der Waals surface area contributed by atoms with Gasteiger partial charge in [-0.1, -0.05) is 0 Å². The van der Waals surface area contributed by atoms with Crippen molar-refractivity contribution in [3.8, 4) is 0 Å². The van der Waals surface area contributed by atoms with Gasteiger partial charge in [0.15, 0.2) is 0 Å². The zero-order valence-electron chi connectivity index (χ0n) is 11.1. The van der Waals surface area contributed by atoms with E-state index >= 15 is 0 Å². The second-order valence-corrected chi connectivity index (χ2v) is 4.85. The zero-order chi connectivity index (χ0) is 14.8. The number of carbonyl (C=O) groups excluding carboxylic acids is 1. The van der Waals surface area contributed by atoms with Gasteiger partial charge >= 0.3 is 6.18 Å². The molecule has 1 atom stereocenters. The molecular weight excluding hydrogens is 271 g/mol. The highest BCUT2D eigenvalue weighted by Crippen LogP contribution is 2.37. The van der Waals surface area contributed by atoms with E-state index in [4.69, 9.17) is 0 Å². The number of hydrogen-bond acceptors (Lipinski definition) is 3. The largest absolute Gasteiger partial charge is 0.419 e. The van der Waals surface area contributed by atoms with Gasteiger partial charge in [-0.15, -0.1) is 0 Å². The number of amides is 1. The molecule has 1 amide bonds. The number of carbonyl (C=O) groups is 1. The Morgan fingerprint density at radius 3 is 2.95 bits per heavy atom. The molecule has 1 saturated heterocycles. The van der Waals surface area contributed by atoms with Gasteiger partial charge in [-0.05, 0) is 24.5 Å². The SMILES string of the molecule is CNC(=O)C[C@H]1CCN(c2ncccc2C(F)(F)F)C1. The number of hydrogen-bond donors (Lipinski definition) is 1. The van der Waals surface area contributed by atoms with E-state index in [0.717, 1.165) is 6.07 Å². The second-order valence-electron chi connectivity index (χ2n) is 4.85. The minimum absolute atomic E-state index is 0.0422. The number of nitrogens with one attached hydrogen (secondary N) is 1. The van der Waals surface area contributed by atoms with Crippen molar-refractivity contribution in [3.63, 3.8) is 0 Å². The molecule has 2 heterocycles. The predicted octanol–water partition coefficient (Wildman–Crippen LogP) is 2.06. The number of halogens is 3. The van der Waals surface area contributed by atoms with E-state index in [2.05, 4.69) is 10.3 Å². The molecule has 0 unspecified atom stereocenters. The molecule has 0 radical (unpaired) electrons. The summed E-state index contributed by atoms with van der Waals surface area (Å²) in [5, 5.41) is 2.53. The topological polar surface area (TPSA) is 45.2 Å². The van der Waals surface area contributed by atoms with E-state index in [0.29, 0.717) is 25.9 Å². The molecule has 4 nitrogen and oxygen atoms in total. The second kappa shape index (κ2) is 5.68. The molecule has 0 saturated carbocycles. The van der Waals surface area contributed by atoms with E-state index in [1.807, 2.05) is 0 Å². The van der Waals surface area contributed by atoms with Crippen LogP contribution in [0.3, 0.4) is 0 Å². The number of alkyl halides is 3. The summed E-state index contributed by atoms with van der Waals surface area (Å²) in [5.41, 5.74) is -0.722. The van der Waals surface area contributed by atoms with Gasteiger partial charge in [0, 0.05) is 32.8 Å². The summed E-state index contributed by atoms with van der Waals surface area (Å²) < 4.78 is 38.8. The molecule has 1 aromatic heterocycles. The van der Waals surface area contributed by atoms with Gasteiger partial charge in [0.05, 0.1) is 5.56 Å². The molecule has 0 spiro atoms. The van der Waals surface area contributed by atoms with Crippen LogP contribution < -0.4 is 10.2 Å². The maximum atomic E-state index is 12.9. The van der Waals surface area contributed by atoms with Crippen molar-refractivity contribution < 1.29 is 18.0 Å². The van der Waals surface area contributed by atoms with E-state index in [1.165, 1.54) is 12.3 Å².